The first-order chi connectivity index (χ1) is 14.2. The predicted molar refractivity (Wildman–Crippen MR) is 139 cm³/mol. The monoisotopic (exact) mass is 512 g/mol. The lowest BCUT2D eigenvalue weighted by Crippen LogP contribution is -2.29. The summed E-state index contributed by atoms with van der Waals surface area (Å²) in [5.74, 6) is 0.443. The summed E-state index contributed by atoms with van der Waals surface area (Å²) in [5.41, 5.74) is 9.73. The Balaban J connectivity index is 0.00000121. The molecule has 0 aliphatic carbocycles. The Morgan fingerprint density at radius 1 is 0.969 bits per heavy atom. The molecule has 0 amide bonds. The highest BCUT2D eigenvalue weighted by atomic mass is 35.5. The van der Waals surface area contributed by atoms with E-state index < -0.39 is 0 Å². The number of nitrogen functional groups attached to an aromatic ring is 1. The summed E-state index contributed by atoms with van der Waals surface area (Å²) in [6.45, 7) is 2.06. The van der Waals surface area contributed by atoms with Crippen LogP contribution in [0.1, 0.15) is 18.9 Å². The van der Waals surface area contributed by atoms with Crippen molar-refractivity contribution in [3.05, 3.63) is 60.1 Å². The highest BCUT2D eigenvalue weighted by Gasteiger charge is 2.17. The van der Waals surface area contributed by atoms with Crippen LogP contribution in [-0.2, 0) is 0 Å². The van der Waals surface area contributed by atoms with E-state index >= 15 is 0 Å². The molecule has 3 aromatic heterocycles. The second kappa shape index (κ2) is 11.2. The Morgan fingerprint density at radius 3 is 2.53 bits per heavy atom. The predicted octanol–water partition coefficient (Wildman–Crippen LogP) is 5.59. The van der Waals surface area contributed by atoms with Gasteiger partial charge in [0.15, 0.2) is 0 Å². The van der Waals surface area contributed by atoms with Crippen LogP contribution in [0.25, 0.3) is 33.2 Å². The van der Waals surface area contributed by atoms with Crippen molar-refractivity contribution in [2.75, 3.05) is 18.8 Å². The van der Waals surface area contributed by atoms with Crippen LogP contribution in [0.4, 0.5) is 5.82 Å². The summed E-state index contributed by atoms with van der Waals surface area (Å²) in [6.07, 6.45) is 9.78. The van der Waals surface area contributed by atoms with E-state index in [9.17, 15) is 0 Å². The largest absolute Gasteiger partial charge is 0.383 e. The molecule has 0 bridgehead atoms. The number of hydrogen-bond acceptors (Lipinski definition) is 5. The molecular weight excluding hydrogens is 490 g/mol. The number of rotatable bonds is 3. The Hall–Kier alpha value is -2.09. The fraction of sp³-hybridized carbons (Fsp3) is 0.227. The molecule has 0 spiro atoms. The van der Waals surface area contributed by atoms with E-state index in [1.54, 1.807) is 6.20 Å². The molecule has 6 nitrogen and oxygen atoms in total. The number of halogens is 4. The molecule has 5 rings (SSSR count). The van der Waals surface area contributed by atoms with Crippen LogP contribution in [0.3, 0.4) is 0 Å². The van der Waals surface area contributed by atoms with Crippen molar-refractivity contribution in [3.63, 3.8) is 0 Å². The molecule has 4 heterocycles. The molecule has 1 aromatic carbocycles. The van der Waals surface area contributed by atoms with Crippen LogP contribution in [-0.4, -0.2) is 32.8 Å². The van der Waals surface area contributed by atoms with Crippen LogP contribution >= 0.6 is 48.8 Å². The summed E-state index contributed by atoms with van der Waals surface area (Å²) in [7, 11) is 0. The number of benzene rings is 1. The van der Waals surface area contributed by atoms with Crippen molar-refractivity contribution in [3.8, 4) is 22.4 Å². The molecule has 32 heavy (non-hydrogen) atoms. The van der Waals surface area contributed by atoms with Gasteiger partial charge in [0.1, 0.15) is 5.82 Å². The first-order valence-electron chi connectivity index (χ1n) is 9.74. The number of piperidine rings is 1. The molecule has 170 valence electrons. The Bertz CT molecular complexity index is 1190. The number of aromatic nitrogens is 4. The number of fused-ring (bicyclic) bond motifs is 1. The molecule has 4 aromatic rings. The summed E-state index contributed by atoms with van der Waals surface area (Å²) in [5, 5.41) is 10.6. The molecule has 1 saturated heterocycles. The van der Waals surface area contributed by atoms with Gasteiger partial charge in [0.2, 0.25) is 0 Å². The van der Waals surface area contributed by atoms with Gasteiger partial charge in [0, 0.05) is 51.1 Å². The molecule has 1 fully saturated rings. The standard InChI is InChI=1S/C22H21ClN6.3ClH/c23-20-3-1-2-14-10-26-21(9-18(14)20)19-8-15(11-27-22(19)24)16-12-28-29(13-16)17-4-6-25-7-5-17;;;/h1-3,8-13,17,25H,4-7H2,(H2,24,27);3*1H. The minimum atomic E-state index is 0. The van der Waals surface area contributed by atoms with E-state index in [1.807, 2.05) is 42.7 Å². The van der Waals surface area contributed by atoms with Crippen molar-refractivity contribution in [2.24, 2.45) is 0 Å². The number of pyridine rings is 2. The fourth-order valence-electron chi connectivity index (χ4n) is 3.88. The van der Waals surface area contributed by atoms with Crippen molar-refractivity contribution in [2.45, 2.75) is 18.9 Å². The SMILES string of the molecule is Cl.Cl.Cl.Nc1ncc(-c2cnn(C3CCNCC3)c2)cc1-c1cc2c(Cl)cccc2cn1. The van der Waals surface area contributed by atoms with Crippen molar-refractivity contribution in [1.82, 2.24) is 25.1 Å². The highest BCUT2D eigenvalue weighted by molar-refractivity contribution is 6.35. The van der Waals surface area contributed by atoms with Gasteiger partial charge in [-0.3, -0.25) is 9.67 Å². The summed E-state index contributed by atoms with van der Waals surface area (Å²) < 4.78 is 2.07. The highest BCUT2D eigenvalue weighted by Crippen LogP contribution is 2.32. The van der Waals surface area contributed by atoms with Crippen LogP contribution in [0.15, 0.2) is 55.1 Å². The average Bonchev–Trinajstić information content (AvgIpc) is 3.25. The zero-order valence-electron chi connectivity index (χ0n) is 17.1. The molecule has 1 aliphatic rings. The van der Waals surface area contributed by atoms with Gasteiger partial charge in [-0.2, -0.15) is 5.10 Å². The van der Waals surface area contributed by atoms with E-state index in [2.05, 4.69) is 31.3 Å². The number of nitrogens with zero attached hydrogens (tertiary/aromatic N) is 4. The second-order valence-electron chi connectivity index (χ2n) is 7.38. The maximum atomic E-state index is 6.37. The molecule has 3 N–H and O–H groups in total. The van der Waals surface area contributed by atoms with Gasteiger partial charge < -0.3 is 11.1 Å². The zero-order chi connectivity index (χ0) is 19.8. The summed E-state index contributed by atoms with van der Waals surface area (Å²) >= 11 is 6.37. The number of nitrogens with one attached hydrogen (secondary N) is 1. The zero-order valence-corrected chi connectivity index (χ0v) is 20.3. The van der Waals surface area contributed by atoms with Crippen molar-refractivity contribution >= 4 is 65.4 Å². The summed E-state index contributed by atoms with van der Waals surface area (Å²) in [6, 6.07) is 10.2. The van der Waals surface area contributed by atoms with E-state index in [0.717, 1.165) is 59.1 Å². The lowest BCUT2D eigenvalue weighted by molar-refractivity contribution is 0.343. The van der Waals surface area contributed by atoms with Crippen LogP contribution in [0.2, 0.25) is 5.02 Å². The van der Waals surface area contributed by atoms with E-state index in [0.29, 0.717) is 16.9 Å². The quantitative estimate of drug-likeness (QED) is 0.373. The van der Waals surface area contributed by atoms with Crippen LogP contribution in [0.5, 0.6) is 0 Å². The molecule has 0 unspecified atom stereocenters. The smallest absolute Gasteiger partial charge is 0.132 e. The third-order valence-electron chi connectivity index (χ3n) is 5.52. The van der Waals surface area contributed by atoms with Gasteiger partial charge in [-0.1, -0.05) is 23.7 Å². The molecule has 1 aliphatic heterocycles. The summed E-state index contributed by atoms with van der Waals surface area (Å²) in [4.78, 5) is 9.00. The average molecular weight is 514 g/mol. The Morgan fingerprint density at radius 2 is 1.75 bits per heavy atom. The number of hydrogen-bond donors (Lipinski definition) is 2. The fourth-order valence-corrected chi connectivity index (χ4v) is 4.11. The molecular formula is C22H24Cl4N6. The third-order valence-corrected chi connectivity index (χ3v) is 5.85. The van der Waals surface area contributed by atoms with Gasteiger partial charge in [0.05, 0.1) is 17.9 Å². The first kappa shape index (κ1) is 26.2. The van der Waals surface area contributed by atoms with Gasteiger partial charge in [-0.15, -0.1) is 37.2 Å². The second-order valence-corrected chi connectivity index (χ2v) is 7.78. The number of anilines is 1. The van der Waals surface area contributed by atoms with Crippen molar-refractivity contribution < 1.29 is 0 Å². The Labute approximate surface area is 210 Å². The molecule has 0 atom stereocenters. The third kappa shape index (κ3) is 5.11. The van der Waals surface area contributed by atoms with E-state index in [1.165, 1.54) is 0 Å². The first-order valence-corrected chi connectivity index (χ1v) is 10.1. The maximum absolute atomic E-state index is 6.37. The van der Waals surface area contributed by atoms with Crippen LogP contribution < -0.4 is 11.1 Å². The topological polar surface area (TPSA) is 81.6 Å². The Kier molecular flexibility index (Phi) is 9.13. The normalized spacial score (nSPS) is 13.7. The van der Waals surface area contributed by atoms with E-state index in [4.69, 9.17) is 17.3 Å². The lowest BCUT2D eigenvalue weighted by Gasteiger charge is -2.22. The maximum Gasteiger partial charge on any atom is 0.132 e. The van der Waals surface area contributed by atoms with Crippen molar-refractivity contribution in [1.29, 1.82) is 0 Å². The molecule has 0 saturated carbocycles. The van der Waals surface area contributed by atoms with Gasteiger partial charge in [-0.25, -0.2) is 4.98 Å². The number of nitrogens with two attached hydrogens (primary N) is 1. The minimum Gasteiger partial charge on any atom is -0.383 e. The van der Waals surface area contributed by atoms with Crippen LogP contribution in [0, 0.1) is 0 Å². The van der Waals surface area contributed by atoms with Gasteiger partial charge >= 0.3 is 0 Å². The lowest BCUT2D eigenvalue weighted by atomic mass is 10.0. The molecule has 0 radical (unpaired) electrons. The van der Waals surface area contributed by atoms with Gasteiger partial charge in [-0.05, 0) is 44.1 Å². The molecule has 10 heteroatoms. The van der Waals surface area contributed by atoms with E-state index in [-0.39, 0.29) is 37.2 Å². The minimum absolute atomic E-state index is 0. The van der Waals surface area contributed by atoms with Gasteiger partial charge in [0.25, 0.3) is 0 Å².